The molecule has 1 atom stereocenters. The van der Waals surface area contributed by atoms with Crippen molar-refractivity contribution in [2.75, 3.05) is 125 Å². The number of nitrogens with one attached hydrogen (secondary N) is 1. The average Bonchev–Trinajstić information content (AvgIpc) is 2.91. The fraction of sp³-hybridized carbons (Fsp3) is 1.00. The van der Waals surface area contributed by atoms with Gasteiger partial charge in [0.15, 0.2) is 0 Å². The van der Waals surface area contributed by atoms with E-state index in [4.69, 9.17) is 42.6 Å². The highest BCUT2D eigenvalue weighted by molar-refractivity contribution is 4.67. The van der Waals surface area contributed by atoms with Crippen molar-refractivity contribution in [3.8, 4) is 0 Å². The molecule has 0 saturated carbocycles. The second-order valence-electron chi connectivity index (χ2n) is 8.70. The van der Waals surface area contributed by atoms with E-state index >= 15 is 0 Å². The molecule has 0 aromatic heterocycles. The molecule has 0 aromatic rings. The predicted molar refractivity (Wildman–Crippen MR) is 138 cm³/mol. The van der Waals surface area contributed by atoms with Crippen LogP contribution in [0.3, 0.4) is 0 Å². The molecule has 1 aliphatic heterocycles. The van der Waals surface area contributed by atoms with Crippen molar-refractivity contribution in [2.45, 2.75) is 39.2 Å². The van der Waals surface area contributed by atoms with Crippen molar-refractivity contribution in [3.63, 3.8) is 0 Å². The lowest BCUT2D eigenvalue weighted by atomic mass is 10.1. The Balaban J connectivity index is 1.62. The smallest absolute Gasteiger partial charge is 0.0704 e. The van der Waals surface area contributed by atoms with Gasteiger partial charge in [0, 0.05) is 6.61 Å². The third-order valence-corrected chi connectivity index (χ3v) is 5.57. The van der Waals surface area contributed by atoms with E-state index in [1.54, 1.807) is 0 Å². The molecule has 216 valence electrons. The van der Waals surface area contributed by atoms with E-state index in [0.29, 0.717) is 118 Å². The second-order valence-corrected chi connectivity index (χ2v) is 8.70. The Morgan fingerprint density at radius 1 is 0.528 bits per heavy atom. The van der Waals surface area contributed by atoms with Gasteiger partial charge in [-0.3, -0.25) is 0 Å². The highest BCUT2D eigenvalue weighted by atomic mass is 16.6. The summed E-state index contributed by atoms with van der Waals surface area (Å²) in [6.45, 7) is 16.4. The quantitative estimate of drug-likeness (QED) is 0.153. The normalized spacial score (nSPS) is 15.5. The van der Waals surface area contributed by atoms with E-state index in [2.05, 4.69) is 19.2 Å². The maximum Gasteiger partial charge on any atom is 0.0704 e. The van der Waals surface area contributed by atoms with Crippen molar-refractivity contribution in [1.82, 2.24) is 5.32 Å². The Morgan fingerprint density at radius 3 is 1.22 bits per heavy atom. The molecule has 1 N–H and O–H groups in total. The minimum absolute atomic E-state index is 0.380. The van der Waals surface area contributed by atoms with Gasteiger partial charge in [0.25, 0.3) is 0 Å². The average molecular weight is 524 g/mol. The summed E-state index contributed by atoms with van der Waals surface area (Å²) in [6, 6.07) is 0. The lowest BCUT2D eigenvalue weighted by Crippen LogP contribution is -2.33. The molecule has 1 unspecified atom stereocenters. The Kier molecular flexibility index (Phi) is 25.8. The number of hydrogen-bond acceptors (Lipinski definition) is 10. The first-order valence-electron chi connectivity index (χ1n) is 13.8. The molecule has 0 aromatic carbocycles. The molecule has 0 spiro atoms. The first-order valence-corrected chi connectivity index (χ1v) is 13.8. The summed E-state index contributed by atoms with van der Waals surface area (Å²) < 4.78 is 49.7. The first-order chi connectivity index (χ1) is 17.8. The van der Waals surface area contributed by atoms with Crippen molar-refractivity contribution in [1.29, 1.82) is 0 Å². The van der Waals surface area contributed by atoms with Crippen LogP contribution >= 0.6 is 0 Å². The highest BCUT2D eigenvalue weighted by Gasteiger charge is 2.12. The number of hydrogen-bond donors (Lipinski definition) is 1. The third kappa shape index (κ3) is 24.0. The van der Waals surface area contributed by atoms with E-state index in [-0.39, 0.29) is 0 Å². The molecular formula is C26H53NO9. The SMILES string of the molecule is CCC(C)COCCOCCOCCOCCOCCOCCOCCOCCOC1CCNCC1. The lowest BCUT2D eigenvalue weighted by molar-refractivity contribution is -0.0319. The van der Waals surface area contributed by atoms with Gasteiger partial charge in [-0.1, -0.05) is 20.3 Å². The monoisotopic (exact) mass is 523 g/mol. The van der Waals surface area contributed by atoms with Crippen LogP contribution < -0.4 is 5.32 Å². The van der Waals surface area contributed by atoms with Gasteiger partial charge in [0.05, 0.1) is 112 Å². The second kappa shape index (κ2) is 27.6. The minimum atomic E-state index is 0.380. The summed E-state index contributed by atoms with van der Waals surface area (Å²) >= 11 is 0. The Morgan fingerprint density at radius 2 is 0.861 bits per heavy atom. The topological polar surface area (TPSA) is 95.1 Å². The van der Waals surface area contributed by atoms with E-state index < -0.39 is 0 Å². The third-order valence-electron chi connectivity index (χ3n) is 5.57. The molecule has 1 fully saturated rings. The lowest BCUT2D eigenvalue weighted by Gasteiger charge is -2.22. The van der Waals surface area contributed by atoms with E-state index in [9.17, 15) is 0 Å². The molecule has 1 rings (SSSR count). The zero-order valence-corrected chi connectivity index (χ0v) is 22.9. The van der Waals surface area contributed by atoms with Gasteiger partial charge in [-0.15, -0.1) is 0 Å². The summed E-state index contributed by atoms with van der Waals surface area (Å²) in [5.41, 5.74) is 0. The fourth-order valence-corrected chi connectivity index (χ4v) is 3.18. The first kappa shape index (κ1) is 33.6. The maximum atomic E-state index is 5.78. The predicted octanol–water partition coefficient (Wildman–Crippen LogP) is 1.93. The summed E-state index contributed by atoms with van der Waals surface area (Å²) in [5, 5.41) is 3.33. The number of ether oxygens (including phenoxy) is 9. The van der Waals surface area contributed by atoms with E-state index in [0.717, 1.165) is 39.0 Å². The van der Waals surface area contributed by atoms with Crippen LogP contribution in [0.25, 0.3) is 0 Å². The van der Waals surface area contributed by atoms with Gasteiger partial charge < -0.3 is 47.9 Å². The van der Waals surface area contributed by atoms with E-state index in [1.807, 2.05) is 0 Å². The molecule has 36 heavy (non-hydrogen) atoms. The van der Waals surface area contributed by atoms with Gasteiger partial charge in [-0.2, -0.15) is 0 Å². The van der Waals surface area contributed by atoms with Gasteiger partial charge >= 0.3 is 0 Å². The zero-order valence-electron chi connectivity index (χ0n) is 22.9. The highest BCUT2D eigenvalue weighted by Crippen LogP contribution is 2.06. The summed E-state index contributed by atoms with van der Waals surface area (Å²) in [7, 11) is 0. The molecule has 10 heteroatoms. The molecule has 10 nitrogen and oxygen atoms in total. The maximum absolute atomic E-state index is 5.78. The van der Waals surface area contributed by atoms with Crippen LogP contribution in [0.4, 0.5) is 0 Å². The molecule has 1 heterocycles. The molecule has 1 aliphatic rings. The standard InChI is InChI=1S/C26H53NO9/c1-3-25(2)24-35-21-20-33-17-16-31-13-12-29-9-8-28-10-11-30-14-15-32-18-19-34-22-23-36-26-4-6-27-7-5-26/h25-27H,3-24H2,1-2H3. The summed E-state index contributed by atoms with van der Waals surface area (Å²) in [5.74, 6) is 0.605. The Labute approximate surface area is 218 Å². The summed E-state index contributed by atoms with van der Waals surface area (Å²) in [6.07, 6.45) is 3.69. The van der Waals surface area contributed by atoms with Gasteiger partial charge in [-0.25, -0.2) is 0 Å². The van der Waals surface area contributed by atoms with Gasteiger partial charge in [0.1, 0.15) is 0 Å². The Bertz CT molecular complexity index is 428. The van der Waals surface area contributed by atoms with E-state index in [1.165, 1.54) is 0 Å². The molecule has 0 bridgehead atoms. The van der Waals surface area contributed by atoms with Crippen molar-refractivity contribution >= 4 is 0 Å². The molecule has 1 saturated heterocycles. The van der Waals surface area contributed by atoms with Crippen LogP contribution in [0.2, 0.25) is 0 Å². The fourth-order valence-electron chi connectivity index (χ4n) is 3.18. The van der Waals surface area contributed by atoms with Crippen LogP contribution in [0.5, 0.6) is 0 Å². The molecule has 0 aliphatic carbocycles. The van der Waals surface area contributed by atoms with Crippen molar-refractivity contribution in [2.24, 2.45) is 5.92 Å². The van der Waals surface area contributed by atoms with Crippen LogP contribution in [-0.2, 0) is 42.6 Å². The summed E-state index contributed by atoms with van der Waals surface area (Å²) in [4.78, 5) is 0. The molecule has 0 amide bonds. The Hall–Kier alpha value is -0.400. The molecular weight excluding hydrogens is 470 g/mol. The minimum Gasteiger partial charge on any atom is -0.379 e. The van der Waals surface area contributed by atoms with Crippen LogP contribution in [0.1, 0.15) is 33.1 Å². The van der Waals surface area contributed by atoms with Crippen LogP contribution in [-0.4, -0.2) is 132 Å². The van der Waals surface area contributed by atoms with Gasteiger partial charge in [-0.05, 0) is 31.8 Å². The number of piperidine rings is 1. The van der Waals surface area contributed by atoms with Crippen LogP contribution in [0.15, 0.2) is 0 Å². The van der Waals surface area contributed by atoms with Gasteiger partial charge in [0.2, 0.25) is 0 Å². The molecule has 0 radical (unpaired) electrons. The van der Waals surface area contributed by atoms with Crippen LogP contribution in [0, 0.1) is 5.92 Å². The largest absolute Gasteiger partial charge is 0.379 e. The number of rotatable bonds is 28. The van der Waals surface area contributed by atoms with Crippen molar-refractivity contribution in [3.05, 3.63) is 0 Å². The van der Waals surface area contributed by atoms with Crippen molar-refractivity contribution < 1.29 is 42.6 Å². The zero-order chi connectivity index (χ0) is 25.8.